The smallest absolute Gasteiger partial charge is 0.274 e. The Labute approximate surface area is 127 Å². The van der Waals surface area contributed by atoms with Crippen LogP contribution in [0.1, 0.15) is 47.5 Å². The number of nitrogens with zero attached hydrogens (tertiary/aromatic N) is 5. The molecule has 8 nitrogen and oxygen atoms in total. The molecule has 0 spiro atoms. The molecule has 1 aliphatic rings. The van der Waals surface area contributed by atoms with Crippen LogP contribution in [0, 0.1) is 0 Å². The summed E-state index contributed by atoms with van der Waals surface area (Å²) in [6.07, 6.45) is 7.27. The zero-order valence-corrected chi connectivity index (χ0v) is 12.3. The Balaban J connectivity index is 1.83. The number of carbonyl (C=O) groups is 1. The van der Waals surface area contributed by atoms with Gasteiger partial charge in [-0.3, -0.25) is 9.78 Å². The monoisotopic (exact) mass is 303 g/mol. The van der Waals surface area contributed by atoms with E-state index in [0.29, 0.717) is 24.0 Å². The molecule has 0 radical (unpaired) electrons. The van der Waals surface area contributed by atoms with Gasteiger partial charge in [0, 0.05) is 26.0 Å². The summed E-state index contributed by atoms with van der Waals surface area (Å²) in [6, 6.07) is -0.221. The summed E-state index contributed by atoms with van der Waals surface area (Å²) < 4.78 is 10.3. The van der Waals surface area contributed by atoms with Crippen LogP contribution >= 0.6 is 0 Å². The van der Waals surface area contributed by atoms with E-state index in [0.717, 1.165) is 19.3 Å². The maximum absolute atomic E-state index is 12.6. The molecule has 0 saturated carbocycles. The van der Waals surface area contributed by atoms with Gasteiger partial charge in [-0.25, -0.2) is 4.98 Å². The number of aromatic nitrogens is 4. The lowest BCUT2D eigenvalue weighted by Crippen LogP contribution is -2.39. The lowest BCUT2D eigenvalue weighted by Gasteiger charge is -2.33. The number of ether oxygens (including phenoxy) is 1. The van der Waals surface area contributed by atoms with Gasteiger partial charge in [-0.1, -0.05) is 5.16 Å². The van der Waals surface area contributed by atoms with Gasteiger partial charge >= 0.3 is 0 Å². The molecule has 1 amide bonds. The maximum atomic E-state index is 12.6. The van der Waals surface area contributed by atoms with E-state index in [1.54, 1.807) is 18.2 Å². The predicted molar refractivity (Wildman–Crippen MR) is 74.7 cm³/mol. The van der Waals surface area contributed by atoms with Gasteiger partial charge in [0.05, 0.1) is 6.20 Å². The number of piperidine rings is 1. The molecule has 0 bridgehead atoms. The molecule has 0 N–H and O–H groups in total. The first-order chi connectivity index (χ1) is 10.8. The quantitative estimate of drug-likeness (QED) is 0.842. The number of rotatable bonds is 4. The average molecular weight is 303 g/mol. The molecule has 2 aromatic heterocycles. The van der Waals surface area contributed by atoms with E-state index in [-0.39, 0.29) is 18.6 Å². The van der Waals surface area contributed by atoms with E-state index in [1.165, 1.54) is 12.4 Å². The Kier molecular flexibility index (Phi) is 4.38. The molecule has 2 aromatic rings. The second-order valence-corrected chi connectivity index (χ2v) is 5.08. The zero-order valence-electron chi connectivity index (χ0n) is 12.3. The van der Waals surface area contributed by atoms with Crippen molar-refractivity contribution in [2.75, 3.05) is 13.7 Å². The zero-order chi connectivity index (χ0) is 15.4. The molecule has 0 aromatic carbocycles. The van der Waals surface area contributed by atoms with Gasteiger partial charge in [0.25, 0.3) is 5.91 Å². The minimum absolute atomic E-state index is 0.163. The topological polar surface area (TPSA) is 94.2 Å². The molecule has 0 aliphatic carbocycles. The summed E-state index contributed by atoms with van der Waals surface area (Å²) in [7, 11) is 1.57. The summed E-state index contributed by atoms with van der Waals surface area (Å²) in [5, 5.41) is 3.87. The number of amides is 1. The average Bonchev–Trinajstić information content (AvgIpc) is 3.04. The van der Waals surface area contributed by atoms with Crippen molar-refractivity contribution in [2.24, 2.45) is 0 Å². The van der Waals surface area contributed by atoms with E-state index < -0.39 is 0 Å². The third-order valence-electron chi connectivity index (χ3n) is 3.59. The molecule has 1 saturated heterocycles. The number of hydrogen-bond donors (Lipinski definition) is 0. The SMILES string of the molecule is COCc1noc([C@@H]2CCCCN2C(=O)c2cnccn2)n1. The normalized spacial score (nSPS) is 18.4. The van der Waals surface area contributed by atoms with Crippen molar-refractivity contribution in [3.8, 4) is 0 Å². The van der Waals surface area contributed by atoms with E-state index in [2.05, 4.69) is 20.1 Å². The highest BCUT2D eigenvalue weighted by Crippen LogP contribution is 2.30. The fraction of sp³-hybridized carbons (Fsp3) is 0.500. The van der Waals surface area contributed by atoms with Gasteiger partial charge in [-0.15, -0.1) is 0 Å². The number of likely N-dealkylation sites (tertiary alicyclic amines) is 1. The van der Waals surface area contributed by atoms with Crippen molar-refractivity contribution in [1.29, 1.82) is 0 Å². The highest BCUT2D eigenvalue weighted by molar-refractivity contribution is 5.92. The van der Waals surface area contributed by atoms with Crippen molar-refractivity contribution in [3.63, 3.8) is 0 Å². The molecule has 22 heavy (non-hydrogen) atoms. The fourth-order valence-corrected chi connectivity index (χ4v) is 2.58. The van der Waals surface area contributed by atoms with E-state index in [1.807, 2.05) is 0 Å². The maximum Gasteiger partial charge on any atom is 0.274 e. The highest BCUT2D eigenvalue weighted by atomic mass is 16.5. The molecule has 1 atom stereocenters. The first-order valence-electron chi connectivity index (χ1n) is 7.18. The largest absolute Gasteiger partial charge is 0.377 e. The minimum atomic E-state index is -0.221. The van der Waals surface area contributed by atoms with Crippen LogP contribution in [0.2, 0.25) is 0 Å². The summed E-state index contributed by atoms with van der Waals surface area (Å²) in [5.41, 5.74) is 0.325. The van der Waals surface area contributed by atoms with E-state index >= 15 is 0 Å². The predicted octanol–water partition coefficient (Wildman–Crippen LogP) is 1.37. The van der Waals surface area contributed by atoms with Gasteiger partial charge in [-0.2, -0.15) is 4.98 Å². The Morgan fingerprint density at radius 3 is 3.14 bits per heavy atom. The standard InChI is InChI=1S/C14H17N5O3/c1-21-9-12-17-13(22-18-12)11-4-2-3-7-19(11)14(20)10-8-15-5-6-16-10/h5-6,8,11H,2-4,7,9H2,1H3/t11-/m0/s1. The van der Waals surface area contributed by atoms with Crippen molar-refractivity contribution in [2.45, 2.75) is 31.9 Å². The Morgan fingerprint density at radius 2 is 2.36 bits per heavy atom. The molecule has 1 fully saturated rings. The third-order valence-corrected chi connectivity index (χ3v) is 3.59. The molecule has 8 heteroatoms. The molecule has 3 rings (SSSR count). The van der Waals surface area contributed by atoms with Crippen molar-refractivity contribution in [1.82, 2.24) is 25.0 Å². The van der Waals surface area contributed by atoms with Gasteiger partial charge in [0.2, 0.25) is 5.89 Å². The summed E-state index contributed by atoms with van der Waals surface area (Å²) >= 11 is 0. The van der Waals surface area contributed by atoms with Crippen LogP contribution in [0.4, 0.5) is 0 Å². The van der Waals surface area contributed by atoms with Gasteiger partial charge in [-0.05, 0) is 19.3 Å². The lowest BCUT2D eigenvalue weighted by molar-refractivity contribution is 0.0555. The van der Waals surface area contributed by atoms with Crippen LogP contribution in [0.25, 0.3) is 0 Å². The summed E-state index contributed by atoms with van der Waals surface area (Å²) in [4.78, 5) is 26.7. The Morgan fingerprint density at radius 1 is 1.45 bits per heavy atom. The summed E-state index contributed by atoms with van der Waals surface area (Å²) in [5.74, 6) is 0.767. The van der Waals surface area contributed by atoms with Gasteiger partial charge < -0.3 is 14.2 Å². The Bertz CT molecular complexity index is 630. The van der Waals surface area contributed by atoms with Crippen LogP contribution in [0.3, 0.4) is 0 Å². The molecule has 116 valence electrons. The number of methoxy groups -OCH3 is 1. The van der Waals surface area contributed by atoms with Crippen LogP contribution < -0.4 is 0 Å². The van der Waals surface area contributed by atoms with Crippen LogP contribution in [0.15, 0.2) is 23.1 Å². The molecule has 0 unspecified atom stereocenters. The second kappa shape index (κ2) is 6.61. The first-order valence-corrected chi connectivity index (χ1v) is 7.18. The minimum Gasteiger partial charge on any atom is -0.377 e. The van der Waals surface area contributed by atoms with E-state index in [9.17, 15) is 4.79 Å². The lowest BCUT2D eigenvalue weighted by atomic mass is 10.0. The highest BCUT2D eigenvalue weighted by Gasteiger charge is 2.33. The molecule has 1 aliphatic heterocycles. The Hall–Kier alpha value is -2.35. The van der Waals surface area contributed by atoms with Crippen molar-refractivity contribution < 1.29 is 14.1 Å². The molecular formula is C14H17N5O3. The van der Waals surface area contributed by atoms with Crippen LogP contribution in [0.5, 0.6) is 0 Å². The molecular weight excluding hydrogens is 286 g/mol. The fourth-order valence-electron chi connectivity index (χ4n) is 2.58. The van der Waals surface area contributed by atoms with E-state index in [4.69, 9.17) is 9.26 Å². The number of hydrogen-bond acceptors (Lipinski definition) is 7. The van der Waals surface area contributed by atoms with Crippen molar-refractivity contribution >= 4 is 5.91 Å². The van der Waals surface area contributed by atoms with Gasteiger partial charge in [0.1, 0.15) is 18.3 Å². The number of carbonyl (C=O) groups excluding carboxylic acids is 1. The van der Waals surface area contributed by atoms with Crippen molar-refractivity contribution in [3.05, 3.63) is 36.0 Å². The second-order valence-electron chi connectivity index (χ2n) is 5.08. The summed E-state index contributed by atoms with van der Waals surface area (Å²) in [6.45, 7) is 0.927. The first kappa shape index (κ1) is 14.6. The van der Waals surface area contributed by atoms with Gasteiger partial charge in [0.15, 0.2) is 5.82 Å². The van der Waals surface area contributed by atoms with Crippen LogP contribution in [-0.2, 0) is 11.3 Å². The molecule has 3 heterocycles. The van der Waals surface area contributed by atoms with Crippen LogP contribution in [-0.4, -0.2) is 44.6 Å². The third kappa shape index (κ3) is 2.96.